The number of aromatic nitrogens is 4. The Bertz CT molecular complexity index is 343. The first-order chi connectivity index (χ1) is 7.81. The van der Waals surface area contributed by atoms with Crippen molar-refractivity contribution in [3.63, 3.8) is 0 Å². The predicted octanol–water partition coefficient (Wildman–Crippen LogP) is -0.695. The fourth-order valence-corrected chi connectivity index (χ4v) is 2.09. The van der Waals surface area contributed by atoms with Crippen LogP contribution in [0.1, 0.15) is 12.8 Å². The van der Waals surface area contributed by atoms with Gasteiger partial charge in [0.2, 0.25) is 5.91 Å². The van der Waals surface area contributed by atoms with Crippen molar-refractivity contribution in [2.45, 2.75) is 25.4 Å². The third-order valence-electron chi connectivity index (χ3n) is 2.83. The summed E-state index contributed by atoms with van der Waals surface area (Å²) in [5.41, 5.74) is 0. The molecule has 0 radical (unpaired) electrons. The van der Waals surface area contributed by atoms with Crippen LogP contribution in [-0.2, 0) is 11.3 Å². The molecule has 7 nitrogen and oxygen atoms in total. The summed E-state index contributed by atoms with van der Waals surface area (Å²) in [5, 5.41) is 13.8. The molecule has 0 bridgehead atoms. The highest BCUT2D eigenvalue weighted by Gasteiger charge is 2.28. The summed E-state index contributed by atoms with van der Waals surface area (Å²) in [6.07, 6.45) is 3.61. The average molecular weight is 261 g/mol. The molecule has 2 heterocycles. The number of amides is 1. The number of hydrogen-bond acceptors (Lipinski definition) is 5. The number of carbonyl (C=O) groups is 1. The molecule has 0 aromatic carbocycles. The molecule has 1 aromatic rings. The van der Waals surface area contributed by atoms with E-state index in [0.29, 0.717) is 6.04 Å². The van der Waals surface area contributed by atoms with Crippen molar-refractivity contribution in [2.24, 2.45) is 0 Å². The van der Waals surface area contributed by atoms with Gasteiger partial charge in [-0.2, -0.15) is 0 Å². The molecule has 1 aliphatic heterocycles. The SMILES string of the molecule is CNCC1CCCN1C(=O)Cn1cnnn1.Cl. The molecule has 1 unspecified atom stereocenters. The Balaban J connectivity index is 0.00000144. The molecule has 1 aliphatic rings. The molecule has 0 saturated carbocycles. The van der Waals surface area contributed by atoms with Crippen LogP contribution < -0.4 is 5.32 Å². The Morgan fingerprint density at radius 1 is 1.59 bits per heavy atom. The molecule has 1 N–H and O–H groups in total. The van der Waals surface area contributed by atoms with E-state index in [4.69, 9.17) is 0 Å². The van der Waals surface area contributed by atoms with Gasteiger partial charge < -0.3 is 10.2 Å². The Morgan fingerprint density at radius 2 is 2.41 bits per heavy atom. The summed E-state index contributed by atoms with van der Waals surface area (Å²) in [5.74, 6) is 0.0880. The van der Waals surface area contributed by atoms with Crippen molar-refractivity contribution in [1.29, 1.82) is 0 Å². The number of nitrogens with zero attached hydrogens (tertiary/aromatic N) is 5. The summed E-state index contributed by atoms with van der Waals surface area (Å²) in [4.78, 5) is 13.9. The number of tetrazole rings is 1. The maximum absolute atomic E-state index is 12.0. The lowest BCUT2D eigenvalue weighted by molar-refractivity contribution is -0.132. The third kappa shape index (κ3) is 3.37. The summed E-state index contributed by atoms with van der Waals surface area (Å²) < 4.78 is 1.46. The van der Waals surface area contributed by atoms with E-state index in [1.54, 1.807) is 0 Å². The van der Waals surface area contributed by atoms with Crippen molar-refractivity contribution in [3.05, 3.63) is 6.33 Å². The van der Waals surface area contributed by atoms with Gasteiger partial charge in [-0.3, -0.25) is 4.79 Å². The van der Waals surface area contributed by atoms with Crippen LogP contribution in [0.3, 0.4) is 0 Å². The smallest absolute Gasteiger partial charge is 0.244 e. The van der Waals surface area contributed by atoms with E-state index in [1.807, 2.05) is 11.9 Å². The fraction of sp³-hybridized carbons (Fsp3) is 0.778. The largest absolute Gasteiger partial charge is 0.337 e. The number of carbonyl (C=O) groups excluding carboxylic acids is 1. The average Bonchev–Trinajstić information content (AvgIpc) is 2.89. The first-order valence-electron chi connectivity index (χ1n) is 5.46. The molecule has 1 aromatic heterocycles. The van der Waals surface area contributed by atoms with Gasteiger partial charge in [-0.15, -0.1) is 17.5 Å². The first kappa shape index (κ1) is 13.9. The van der Waals surface area contributed by atoms with Gasteiger partial charge in [-0.05, 0) is 30.3 Å². The van der Waals surface area contributed by atoms with Gasteiger partial charge in [0.15, 0.2) is 0 Å². The molecule has 17 heavy (non-hydrogen) atoms. The van der Waals surface area contributed by atoms with Crippen molar-refractivity contribution >= 4 is 18.3 Å². The number of halogens is 1. The number of likely N-dealkylation sites (tertiary alicyclic amines) is 1. The van der Waals surface area contributed by atoms with E-state index < -0.39 is 0 Å². The quantitative estimate of drug-likeness (QED) is 0.775. The minimum absolute atomic E-state index is 0. The van der Waals surface area contributed by atoms with Gasteiger partial charge in [0.1, 0.15) is 12.9 Å². The number of likely N-dealkylation sites (N-methyl/N-ethyl adjacent to an activating group) is 1. The molecular formula is C9H17ClN6O. The monoisotopic (exact) mass is 260 g/mol. The van der Waals surface area contributed by atoms with E-state index in [0.717, 1.165) is 25.9 Å². The Kier molecular flexibility index (Phi) is 5.30. The van der Waals surface area contributed by atoms with Crippen LogP contribution in [0.25, 0.3) is 0 Å². The first-order valence-corrected chi connectivity index (χ1v) is 5.46. The van der Waals surface area contributed by atoms with E-state index in [-0.39, 0.29) is 24.9 Å². The summed E-state index contributed by atoms with van der Waals surface area (Å²) >= 11 is 0. The van der Waals surface area contributed by atoms with Gasteiger partial charge in [-0.1, -0.05) is 0 Å². The molecule has 0 spiro atoms. The molecule has 2 rings (SSSR count). The molecule has 1 amide bonds. The number of nitrogens with one attached hydrogen (secondary N) is 1. The van der Waals surface area contributed by atoms with E-state index in [1.165, 1.54) is 11.0 Å². The van der Waals surface area contributed by atoms with Crippen molar-refractivity contribution in [3.8, 4) is 0 Å². The van der Waals surface area contributed by atoms with E-state index in [9.17, 15) is 4.79 Å². The maximum Gasteiger partial charge on any atom is 0.244 e. The molecule has 1 atom stereocenters. The van der Waals surface area contributed by atoms with Gasteiger partial charge in [-0.25, -0.2) is 4.68 Å². The van der Waals surface area contributed by atoms with Gasteiger partial charge in [0.05, 0.1) is 0 Å². The minimum Gasteiger partial charge on any atom is -0.337 e. The number of hydrogen-bond donors (Lipinski definition) is 1. The highest BCUT2D eigenvalue weighted by Crippen LogP contribution is 2.16. The van der Waals surface area contributed by atoms with Gasteiger partial charge in [0.25, 0.3) is 0 Å². The van der Waals surface area contributed by atoms with Crippen LogP contribution in [-0.4, -0.2) is 57.2 Å². The Morgan fingerprint density at radius 3 is 3.06 bits per heavy atom. The lowest BCUT2D eigenvalue weighted by Gasteiger charge is -2.24. The second kappa shape index (κ2) is 6.51. The highest BCUT2D eigenvalue weighted by molar-refractivity contribution is 5.85. The van der Waals surface area contributed by atoms with Crippen LogP contribution in [0.4, 0.5) is 0 Å². The van der Waals surface area contributed by atoms with E-state index in [2.05, 4.69) is 20.8 Å². The molecular weight excluding hydrogens is 244 g/mol. The molecule has 1 saturated heterocycles. The standard InChI is InChI=1S/C9H16N6O.ClH/c1-10-5-8-3-2-4-15(8)9(16)6-14-7-11-12-13-14;/h7-8,10H,2-6H2,1H3;1H. The third-order valence-corrected chi connectivity index (χ3v) is 2.83. The van der Waals surface area contributed by atoms with Crippen LogP contribution in [0.15, 0.2) is 6.33 Å². The zero-order valence-corrected chi connectivity index (χ0v) is 10.6. The normalized spacial score (nSPS) is 19.1. The highest BCUT2D eigenvalue weighted by atomic mass is 35.5. The van der Waals surface area contributed by atoms with Crippen molar-refractivity contribution < 1.29 is 4.79 Å². The Labute approximate surface area is 106 Å². The Hall–Kier alpha value is -1.21. The summed E-state index contributed by atoms with van der Waals surface area (Å²) in [6, 6.07) is 0.314. The van der Waals surface area contributed by atoms with Crippen LogP contribution in [0.5, 0.6) is 0 Å². The van der Waals surface area contributed by atoms with Crippen LogP contribution >= 0.6 is 12.4 Å². The summed E-state index contributed by atoms with van der Waals surface area (Å²) in [7, 11) is 1.91. The molecule has 0 aliphatic carbocycles. The maximum atomic E-state index is 12.0. The molecule has 96 valence electrons. The van der Waals surface area contributed by atoms with Crippen LogP contribution in [0.2, 0.25) is 0 Å². The van der Waals surface area contributed by atoms with Crippen molar-refractivity contribution in [2.75, 3.05) is 20.1 Å². The molecule has 1 fully saturated rings. The zero-order valence-electron chi connectivity index (χ0n) is 9.74. The van der Waals surface area contributed by atoms with Crippen molar-refractivity contribution in [1.82, 2.24) is 30.4 Å². The predicted molar refractivity (Wildman–Crippen MR) is 63.7 cm³/mol. The minimum atomic E-state index is 0. The lowest BCUT2D eigenvalue weighted by atomic mass is 10.2. The van der Waals surface area contributed by atoms with Gasteiger partial charge in [0, 0.05) is 19.1 Å². The second-order valence-electron chi connectivity index (χ2n) is 3.95. The fourth-order valence-electron chi connectivity index (χ4n) is 2.09. The second-order valence-corrected chi connectivity index (χ2v) is 3.95. The summed E-state index contributed by atoms with van der Waals surface area (Å²) in [6.45, 7) is 1.92. The van der Waals surface area contributed by atoms with E-state index >= 15 is 0 Å². The molecule has 8 heteroatoms. The number of rotatable bonds is 4. The zero-order chi connectivity index (χ0) is 11.4. The lowest BCUT2D eigenvalue weighted by Crippen LogP contribution is -2.42. The van der Waals surface area contributed by atoms with Crippen LogP contribution in [0, 0.1) is 0 Å². The van der Waals surface area contributed by atoms with Gasteiger partial charge >= 0.3 is 0 Å². The topological polar surface area (TPSA) is 75.9 Å².